The highest BCUT2D eigenvalue weighted by Crippen LogP contribution is 2.30. The van der Waals surface area contributed by atoms with Crippen molar-refractivity contribution in [1.29, 1.82) is 0 Å². The minimum absolute atomic E-state index is 0.0526. The number of piperidine rings is 1. The predicted octanol–water partition coefficient (Wildman–Crippen LogP) is 1.37. The van der Waals surface area contributed by atoms with Gasteiger partial charge in [0.2, 0.25) is 0 Å². The lowest BCUT2D eigenvalue weighted by Crippen LogP contribution is -2.45. The van der Waals surface area contributed by atoms with Gasteiger partial charge in [-0.15, -0.1) is 0 Å². The normalized spacial score (nSPS) is 25.4. The molecule has 0 spiro atoms. The maximum Gasteiger partial charge on any atom is 0.256 e. The molecule has 0 radical (unpaired) electrons. The molecule has 2 unspecified atom stereocenters. The lowest BCUT2D eigenvalue weighted by molar-refractivity contribution is 0.0298. The third-order valence-electron chi connectivity index (χ3n) is 4.18. The molecule has 3 N–H and O–H groups in total. The van der Waals surface area contributed by atoms with Crippen molar-refractivity contribution in [3.05, 3.63) is 23.8 Å². The molecule has 2 heterocycles. The number of fused-ring (bicyclic) bond motifs is 1. The van der Waals surface area contributed by atoms with Gasteiger partial charge in [-0.1, -0.05) is 13.0 Å². The fourth-order valence-corrected chi connectivity index (χ4v) is 2.94. The number of nitrogens with one attached hydrogen (secondary N) is 2. The maximum atomic E-state index is 12.7. The van der Waals surface area contributed by atoms with Gasteiger partial charge in [-0.3, -0.25) is 4.79 Å². The molecule has 3 rings (SSSR count). The van der Waals surface area contributed by atoms with Crippen LogP contribution < -0.4 is 10.6 Å². The Morgan fingerprint density at radius 2 is 2.15 bits per heavy atom. The van der Waals surface area contributed by atoms with Crippen molar-refractivity contribution in [3.8, 4) is 0 Å². The van der Waals surface area contributed by atoms with E-state index in [9.17, 15) is 9.90 Å². The number of likely N-dealkylation sites (tertiary alicyclic amines) is 1. The lowest BCUT2D eigenvalue weighted by Gasteiger charge is -2.35. The smallest absolute Gasteiger partial charge is 0.256 e. The van der Waals surface area contributed by atoms with E-state index in [-0.39, 0.29) is 17.9 Å². The van der Waals surface area contributed by atoms with Crippen LogP contribution in [0.15, 0.2) is 18.2 Å². The van der Waals surface area contributed by atoms with E-state index in [1.54, 1.807) is 0 Å². The predicted molar refractivity (Wildman–Crippen MR) is 79.1 cm³/mol. The largest absolute Gasteiger partial charge is 0.393 e. The second kappa shape index (κ2) is 5.32. The van der Waals surface area contributed by atoms with Crippen LogP contribution in [0.2, 0.25) is 0 Å². The number of benzene rings is 1. The second-order valence-electron chi connectivity index (χ2n) is 5.67. The van der Waals surface area contributed by atoms with Crippen LogP contribution in [-0.4, -0.2) is 48.2 Å². The van der Waals surface area contributed by atoms with E-state index >= 15 is 0 Å². The molecule has 5 heteroatoms. The molecule has 0 aromatic heterocycles. The van der Waals surface area contributed by atoms with Crippen LogP contribution in [0.1, 0.15) is 23.7 Å². The summed E-state index contributed by atoms with van der Waals surface area (Å²) in [4.78, 5) is 14.6. The van der Waals surface area contributed by atoms with Crippen molar-refractivity contribution >= 4 is 17.3 Å². The molecular weight excluding hydrogens is 254 g/mol. The standard InChI is InChI=1S/C15H21N3O2/c1-10-9-18(8-5-13(10)19)15(20)11-3-2-4-12-14(11)17-7-6-16-12/h2-4,10,13,16-17,19H,5-9H2,1H3. The Labute approximate surface area is 119 Å². The van der Waals surface area contributed by atoms with Crippen molar-refractivity contribution in [3.63, 3.8) is 0 Å². The zero-order valence-corrected chi connectivity index (χ0v) is 11.7. The average Bonchev–Trinajstić information content (AvgIpc) is 2.49. The number of anilines is 2. The molecule has 1 amide bonds. The van der Waals surface area contributed by atoms with Gasteiger partial charge in [0.05, 0.1) is 23.0 Å². The Morgan fingerprint density at radius 1 is 1.35 bits per heavy atom. The molecule has 2 aliphatic heterocycles. The highest BCUT2D eigenvalue weighted by Gasteiger charge is 2.29. The summed E-state index contributed by atoms with van der Waals surface area (Å²) < 4.78 is 0. The van der Waals surface area contributed by atoms with E-state index in [0.717, 1.165) is 30.0 Å². The van der Waals surface area contributed by atoms with E-state index in [0.29, 0.717) is 19.5 Å². The number of para-hydroxylation sites is 1. The number of carbonyl (C=O) groups is 1. The van der Waals surface area contributed by atoms with Crippen molar-refractivity contribution in [2.24, 2.45) is 5.92 Å². The molecule has 2 atom stereocenters. The van der Waals surface area contributed by atoms with Crippen LogP contribution in [-0.2, 0) is 0 Å². The number of aliphatic hydroxyl groups excluding tert-OH is 1. The van der Waals surface area contributed by atoms with Gasteiger partial charge in [-0.25, -0.2) is 0 Å². The summed E-state index contributed by atoms with van der Waals surface area (Å²) in [6.07, 6.45) is 0.372. The summed E-state index contributed by atoms with van der Waals surface area (Å²) >= 11 is 0. The van der Waals surface area contributed by atoms with Crippen LogP contribution in [0.3, 0.4) is 0 Å². The van der Waals surface area contributed by atoms with Crippen LogP contribution in [0, 0.1) is 5.92 Å². The van der Waals surface area contributed by atoms with Gasteiger partial charge in [-0.05, 0) is 24.5 Å². The second-order valence-corrected chi connectivity index (χ2v) is 5.67. The first-order chi connectivity index (χ1) is 9.66. The molecule has 1 fully saturated rings. The topological polar surface area (TPSA) is 64.6 Å². The molecule has 1 saturated heterocycles. The molecule has 5 nitrogen and oxygen atoms in total. The van der Waals surface area contributed by atoms with Gasteiger partial charge in [0, 0.05) is 26.2 Å². The number of nitrogens with zero attached hydrogens (tertiary/aromatic N) is 1. The van der Waals surface area contributed by atoms with Crippen LogP contribution in [0.4, 0.5) is 11.4 Å². The molecule has 0 bridgehead atoms. The molecule has 0 saturated carbocycles. The Hall–Kier alpha value is -1.75. The summed E-state index contributed by atoms with van der Waals surface area (Å²) in [5.41, 5.74) is 2.62. The van der Waals surface area contributed by atoms with E-state index in [4.69, 9.17) is 0 Å². The molecule has 108 valence electrons. The zero-order valence-electron chi connectivity index (χ0n) is 11.7. The summed E-state index contributed by atoms with van der Waals surface area (Å²) in [6.45, 7) is 4.94. The number of amides is 1. The first-order valence-electron chi connectivity index (χ1n) is 7.25. The quantitative estimate of drug-likeness (QED) is 0.724. The van der Waals surface area contributed by atoms with Gasteiger partial charge in [0.25, 0.3) is 5.91 Å². The number of hydrogen-bond acceptors (Lipinski definition) is 4. The van der Waals surface area contributed by atoms with Gasteiger partial charge in [0.15, 0.2) is 0 Å². The SMILES string of the molecule is CC1CN(C(=O)c2cccc3c2NCCN3)CCC1O. The van der Waals surface area contributed by atoms with Gasteiger partial charge < -0.3 is 20.6 Å². The molecule has 0 aliphatic carbocycles. The Morgan fingerprint density at radius 3 is 2.95 bits per heavy atom. The third-order valence-corrected chi connectivity index (χ3v) is 4.18. The van der Waals surface area contributed by atoms with Gasteiger partial charge in [-0.2, -0.15) is 0 Å². The third kappa shape index (κ3) is 2.33. The van der Waals surface area contributed by atoms with Crippen LogP contribution in [0.25, 0.3) is 0 Å². The van der Waals surface area contributed by atoms with Crippen molar-refractivity contribution in [2.75, 3.05) is 36.8 Å². The van der Waals surface area contributed by atoms with Crippen molar-refractivity contribution < 1.29 is 9.90 Å². The number of aliphatic hydroxyl groups is 1. The Balaban J connectivity index is 1.84. The lowest BCUT2D eigenvalue weighted by atomic mass is 9.96. The van der Waals surface area contributed by atoms with Gasteiger partial charge >= 0.3 is 0 Å². The fraction of sp³-hybridized carbons (Fsp3) is 0.533. The van der Waals surface area contributed by atoms with Crippen LogP contribution >= 0.6 is 0 Å². The molecule has 2 aliphatic rings. The van der Waals surface area contributed by atoms with E-state index in [1.165, 1.54) is 0 Å². The van der Waals surface area contributed by atoms with Crippen molar-refractivity contribution in [2.45, 2.75) is 19.4 Å². The van der Waals surface area contributed by atoms with E-state index < -0.39 is 0 Å². The molecule has 1 aromatic rings. The van der Waals surface area contributed by atoms with Crippen LogP contribution in [0.5, 0.6) is 0 Å². The minimum Gasteiger partial charge on any atom is -0.393 e. The first kappa shape index (κ1) is 13.2. The highest BCUT2D eigenvalue weighted by atomic mass is 16.3. The van der Waals surface area contributed by atoms with E-state index in [1.807, 2.05) is 30.0 Å². The summed E-state index contributed by atoms with van der Waals surface area (Å²) in [5.74, 6) is 0.190. The van der Waals surface area contributed by atoms with Gasteiger partial charge in [0.1, 0.15) is 0 Å². The number of rotatable bonds is 1. The molecular formula is C15H21N3O2. The number of carbonyl (C=O) groups excluding carboxylic acids is 1. The highest BCUT2D eigenvalue weighted by molar-refractivity contribution is 6.02. The summed E-state index contributed by atoms with van der Waals surface area (Å²) in [5, 5.41) is 16.4. The minimum atomic E-state index is -0.288. The summed E-state index contributed by atoms with van der Waals surface area (Å²) in [6, 6.07) is 5.77. The fourth-order valence-electron chi connectivity index (χ4n) is 2.94. The Kier molecular flexibility index (Phi) is 3.53. The maximum absolute atomic E-state index is 12.7. The monoisotopic (exact) mass is 275 g/mol. The first-order valence-corrected chi connectivity index (χ1v) is 7.25. The summed E-state index contributed by atoms with van der Waals surface area (Å²) in [7, 11) is 0. The molecule has 1 aromatic carbocycles. The van der Waals surface area contributed by atoms with E-state index in [2.05, 4.69) is 10.6 Å². The number of hydrogen-bond donors (Lipinski definition) is 3. The zero-order chi connectivity index (χ0) is 14.1. The average molecular weight is 275 g/mol. The molecule has 20 heavy (non-hydrogen) atoms. The van der Waals surface area contributed by atoms with Crippen molar-refractivity contribution in [1.82, 2.24) is 4.90 Å². The Bertz CT molecular complexity index is 518.